The number of carbonyl (C=O) groups is 1. The molecule has 0 aliphatic heterocycles. The fraction of sp³-hybridized carbons (Fsp3) is 0.800. The summed E-state index contributed by atoms with van der Waals surface area (Å²) in [5.41, 5.74) is -0.189. The molecule has 0 spiro atoms. The minimum absolute atomic E-state index is 0.131. The maximum absolute atomic E-state index is 11.8. The van der Waals surface area contributed by atoms with E-state index in [0.29, 0.717) is 0 Å². The monoisotopic (exact) mass is 180 g/mol. The molecular weight excluding hydrogens is 164 g/mol. The Hall–Kier alpha value is -1.04. The van der Waals surface area contributed by atoms with Crippen LogP contribution in [0.2, 0.25) is 0 Å². The van der Waals surface area contributed by atoms with E-state index in [4.69, 9.17) is 5.26 Å². The Morgan fingerprint density at radius 1 is 1.54 bits per heavy atom. The predicted octanol–water partition coefficient (Wildman–Crippen LogP) is 1.55. The van der Waals surface area contributed by atoms with Crippen LogP contribution in [0, 0.1) is 16.7 Å². The molecule has 0 N–H and O–H groups in total. The Kier molecular flexibility index (Phi) is 2.92. The summed E-state index contributed by atoms with van der Waals surface area (Å²) in [4.78, 5) is 13.4. The van der Waals surface area contributed by atoms with Crippen molar-refractivity contribution in [1.29, 1.82) is 5.26 Å². The topological polar surface area (TPSA) is 44.1 Å². The fourth-order valence-electron chi connectivity index (χ4n) is 2.01. The first-order valence-corrected chi connectivity index (χ1v) is 4.73. The molecule has 0 aromatic rings. The second-order valence-corrected chi connectivity index (χ2v) is 4.09. The van der Waals surface area contributed by atoms with Gasteiger partial charge in [-0.25, -0.2) is 0 Å². The van der Waals surface area contributed by atoms with E-state index in [-0.39, 0.29) is 17.9 Å². The number of amides is 1. The summed E-state index contributed by atoms with van der Waals surface area (Å²) in [5.74, 6) is 0.131. The van der Waals surface area contributed by atoms with E-state index < -0.39 is 0 Å². The van der Waals surface area contributed by atoms with Gasteiger partial charge in [0.05, 0.1) is 6.07 Å². The van der Waals surface area contributed by atoms with Gasteiger partial charge in [0.25, 0.3) is 0 Å². The zero-order valence-corrected chi connectivity index (χ0v) is 8.34. The van der Waals surface area contributed by atoms with Crippen molar-refractivity contribution in [2.45, 2.75) is 32.6 Å². The van der Waals surface area contributed by atoms with Crippen LogP contribution in [-0.2, 0) is 4.79 Å². The van der Waals surface area contributed by atoms with Gasteiger partial charge in [0, 0.05) is 12.5 Å². The van der Waals surface area contributed by atoms with Crippen molar-refractivity contribution in [2.75, 3.05) is 13.6 Å². The molecule has 0 atom stereocenters. The first-order valence-electron chi connectivity index (χ1n) is 4.73. The Bertz CT molecular complexity index is 236. The predicted molar refractivity (Wildman–Crippen MR) is 49.8 cm³/mol. The number of hydrogen-bond acceptors (Lipinski definition) is 2. The molecule has 0 heterocycles. The Morgan fingerprint density at radius 2 is 2.08 bits per heavy atom. The second-order valence-electron chi connectivity index (χ2n) is 4.09. The summed E-state index contributed by atoms with van der Waals surface area (Å²) < 4.78 is 0. The maximum Gasteiger partial charge on any atom is 0.229 e. The molecule has 0 saturated heterocycles. The summed E-state index contributed by atoms with van der Waals surface area (Å²) in [6.45, 7) is 2.21. The maximum atomic E-state index is 11.8. The lowest BCUT2D eigenvalue weighted by Gasteiger charge is -2.27. The third kappa shape index (κ3) is 2.00. The molecule has 3 heteroatoms. The second kappa shape index (κ2) is 3.78. The Labute approximate surface area is 79.3 Å². The molecular formula is C10H16N2O. The minimum atomic E-state index is -0.189. The van der Waals surface area contributed by atoms with Crippen LogP contribution < -0.4 is 0 Å². The molecule has 0 unspecified atom stereocenters. The van der Waals surface area contributed by atoms with Gasteiger partial charge in [-0.05, 0) is 12.8 Å². The molecule has 1 fully saturated rings. The van der Waals surface area contributed by atoms with Crippen molar-refractivity contribution in [3.05, 3.63) is 0 Å². The van der Waals surface area contributed by atoms with Crippen LogP contribution in [-0.4, -0.2) is 24.4 Å². The first kappa shape index (κ1) is 10.0. The van der Waals surface area contributed by atoms with Crippen LogP contribution in [0.3, 0.4) is 0 Å². The minimum Gasteiger partial charge on any atom is -0.332 e. The third-order valence-corrected chi connectivity index (χ3v) is 2.88. The summed E-state index contributed by atoms with van der Waals surface area (Å²) >= 11 is 0. The van der Waals surface area contributed by atoms with Crippen LogP contribution in [0.4, 0.5) is 0 Å². The summed E-state index contributed by atoms with van der Waals surface area (Å²) in [5, 5.41) is 8.47. The molecule has 0 radical (unpaired) electrons. The first-order chi connectivity index (χ1) is 6.10. The molecule has 0 bridgehead atoms. The van der Waals surface area contributed by atoms with Crippen LogP contribution >= 0.6 is 0 Å². The zero-order chi connectivity index (χ0) is 9.90. The van der Waals surface area contributed by atoms with E-state index in [1.54, 1.807) is 7.05 Å². The Balaban J connectivity index is 2.61. The van der Waals surface area contributed by atoms with Crippen molar-refractivity contribution in [2.24, 2.45) is 5.41 Å². The van der Waals surface area contributed by atoms with Gasteiger partial charge in [-0.1, -0.05) is 19.8 Å². The van der Waals surface area contributed by atoms with Gasteiger partial charge in [0.1, 0.15) is 6.54 Å². The standard InChI is InChI=1S/C10H16N2O/c1-10(5-3-4-6-10)9(13)12(2)8-7-11/h3-6,8H2,1-2H3. The quantitative estimate of drug-likeness (QED) is 0.605. The largest absolute Gasteiger partial charge is 0.332 e. The van der Waals surface area contributed by atoms with Crippen LogP contribution in [0.15, 0.2) is 0 Å². The average Bonchev–Trinajstić information content (AvgIpc) is 2.52. The van der Waals surface area contributed by atoms with Crippen LogP contribution in [0.1, 0.15) is 32.6 Å². The number of hydrogen-bond donors (Lipinski definition) is 0. The molecule has 1 aliphatic carbocycles. The smallest absolute Gasteiger partial charge is 0.229 e. The SMILES string of the molecule is CN(CC#N)C(=O)C1(C)CCCC1. The van der Waals surface area contributed by atoms with Crippen molar-refractivity contribution in [1.82, 2.24) is 4.90 Å². The lowest BCUT2D eigenvalue weighted by molar-refractivity contribution is -0.138. The number of nitriles is 1. The summed E-state index contributed by atoms with van der Waals surface area (Å²) in [7, 11) is 1.70. The van der Waals surface area contributed by atoms with Crippen molar-refractivity contribution < 1.29 is 4.79 Å². The van der Waals surface area contributed by atoms with E-state index in [9.17, 15) is 4.79 Å². The summed E-state index contributed by atoms with van der Waals surface area (Å²) in [6, 6.07) is 1.99. The van der Waals surface area contributed by atoms with E-state index in [2.05, 4.69) is 0 Å². The highest BCUT2D eigenvalue weighted by molar-refractivity contribution is 5.82. The lowest BCUT2D eigenvalue weighted by atomic mass is 9.87. The van der Waals surface area contributed by atoms with E-state index >= 15 is 0 Å². The third-order valence-electron chi connectivity index (χ3n) is 2.88. The van der Waals surface area contributed by atoms with Crippen LogP contribution in [0.5, 0.6) is 0 Å². The number of carbonyl (C=O) groups excluding carboxylic acids is 1. The van der Waals surface area contributed by atoms with Gasteiger partial charge >= 0.3 is 0 Å². The summed E-state index contributed by atoms with van der Waals surface area (Å²) in [6.07, 6.45) is 4.23. The molecule has 1 aliphatic rings. The van der Waals surface area contributed by atoms with E-state index in [1.165, 1.54) is 4.90 Å². The van der Waals surface area contributed by atoms with Gasteiger partial charge in [0.2, 0.25) is 5.91 Å². The van der Waals surface area contributed by atoms with E-state index in [1.807, 2.05) is 13.0 Å². The average molecular weight is 180 g/mol. The highest BCUT2D eigenvalue weighted by atomic mass is 16.2. The highest BCUT2D eigenvalue weighted by Crippen LogP contribution is 2.38. The van der Waals surface area contributed by atoms with Crippen molar-refractivity contribution >= 4 is 5.91 Å². The zero-order valence-electron chi connectivity index (χ0n) is 8.34. The van der Waals surface area contributed by atoms with Gasteiger partial charge in [-0.3, -0.25) is 4.79 Å². The molecule has 72 valence electrons. The molecule has 1 saturated carbocycles. The molecule has 3 nitrogen and oxygen atoms in total. The van der Waals surface area contributed by atoms with Crippen molar-refractivity contribution in [3.63, 3.8) is 0 Å². The number of nitrogens with zero attached hydrogens (tertiary/aromatic N) is 2. The van der Waals surface area contributed by atoms with Gasteiger partial charge in [-0.2, -0.15) is 5.26 Å². The fourth-order valence-corrected chi connectivity index (χ4v) is 2.01. The number of rotatable bonds is 2. The van der Waals surface area contributed by atoms with Crippen LogP contribution in [0.25, 0.3) is 0 Å². The Morgan fingerprint density at radius 3 is 2.54 bits per heavy atom. The van der Waals surface area contributed by atoms with Gasteiger partial charge in [-0.15, -0.1) is 0 Å². The van der Waals surface area contributed by atoms with Crippen molar-refractivity contribution in [3.8, 4) is 6.07 Å². The van der Waals surface area contributed by atoms with Gasteiger partial charge < -0.3 is 4.90 Å². The molecule has 0 aromatic heterocycles. The molecule has 1 rings (SSSR count). The normalized spacial score (nSPS) is 19.5. The van der Waals surface area contributed by atoms with E-state index in [0.717, 1.165) is 25.7 Å². The molecule has 13 heavy (non-hydrogen) atoms. The molecule has 1 amide bonds. The lowest BCUT2D eigenvalue weighted by Crippen LogP contribution is -2.38. The highest BCUT2D eigenvalue weighted by Gasteiger charge is 2.37. The molecule has 0 aromatic carbocycles. The van der Waals surface area contributed by atoms with Gasteiger partial charge in [0.15, 0.2) is 0 Å².